The van der Waals surface area contributed by atoms with Gasteiger partial charge in [0.25, 0.3) is 0 Å². The molecular formula is C14H15Cl3O. The van der Waals surface area contributed by atoms with E-state index in [4.69, 9.17) is 34.8 Å². The van der Waals surface area contributed by atoms with Gasteiger partial charge in [0.2, 0.25) is 0 Å². The standard InChI is InChI=1S/C14H15Cl3O/c15-10-7-11(16)14(12(17)8-10)13(18)6-5-9-3-1-2-4-9/h7-9H,1-6H2. The molecule has 0 aromatic heterocycles. The smallest absolute Gasteiger partial charge is 0.165 e. The van der Waals surface area contributed by atoms with Gasteiger partial charge in [0, 0.05) is 11.4 Å². The molecule has 0 amide bonds. The number of halogens is 3. The van der Waals surface area contributed by atoms with Crippen molar-refractivity contribution in [2.75, 3.05) is 0 Å². The number of Topliss-reactive ketones (excluding diaryl/α,β-unsaturated/α-hetero) is 1. The second kappa shape index (κ2) is 6.27. The number of carbonyl (C=O) groups is 1. The van der Waals surface area contributed by atoms with Gasteiger partial charge >= 0.3 is 0 Å². The predicted octanol–water partition coefficient (Wildman–Crippen LogP) is 5.80. The molecule has 0 heterocycles. The number of rotatable bonds is 4. The van der Waals surface area contributed by atoms with Gasteiger partial charge in [-0.25, -0.2) is 0 Å². The van der Waals surface area contributed by atoms with Gasteiger partial charge in [-0.15, -0.1) is 0 Å². The molecule has 0 unspecified atom stereocenters. The highest BCUT2D eigenvalue weighted by Gasteiger charge is 2.19. The van der Waals surface area contributed by atoms with E-state index in [0.717, 1.165) is 6.42 Å². The molecule has 1 aliphatic rings. The van der Waals surface area contributed by atoms with E-state index in [-0.39, 0.29) is 5.78 Å². The first-order valence-corrected chi connectivity index (χ1v) is 7.39. The maximum absolute atomic E-state index is 12.1. The van der Waals surface area contributed by atoms with E-state index in [2.05, 4.69) is 0 Å². The van der Waals surface area contributed by atoms with Crippen LogP contribution in [0, 0.1) is 5.92 Å². The van der Waals surface area contributed by atoms with Crippen molar-refractivity contribution in [2.24, 2.45) is 5.92 Å². The van der Waals surface area contributed by atoms with E-state index < -0.39 is 0 Å². The summed E-state index contributed by atoms with van der Waals surface area (Å²) in [4.78, 5) is 12.1. The Morgan fingerprint density at radius 3 is 2.22 bits per heavy atom. The van der Waals surface area contributed by atoms with Gasteiger partial charge in [-0.05, 0) is 24.5 Å². The minimum atomic E-state index is 0.0218. The van der Waals surface area contributed by atoms with Crippen molar-refractivity contribution < 1.29 is 4.79 Å². The lowest BCUT2D eigenvalue weighted by atomic mass is 9.97. The Kier molecular flexibility index (Phi) is 4.94. The SMILES string of the molecule is O=C(CCC1CCCC1)c1c(Cl)cc(Cl)cc1Cl. The Hall–Kier alpha value is -0.240. The van der Waals surface area contributed by atoms with Crippen LogP contribution < -0.4 is 0 Å². The van der Waals surface area contributed by atoms with Crippen molar-refractivity contribution in [3.63, 3.8) is 0 Å². The van der Waals surface area contributed by atoms with E-state index in [0.29, 0.717) is 33.0 Å². The average Bonchev–Trinajstić information content (AvgIpc) is 2.77. The van der Waals surface area contributed by atoms with Crippen molar-refractivity contribution in [3.8, 4) is 0 Å². The summed E-state index contributed by atoms with van der Waals surface area (Å²) in [5.41, 5.74) is 0.417. The van der Waals surface area contributed by atoms with Crippen molar-refractivity contribution in [3.05, 3.63) is 32.8 Å². The van der Waals surface area contributed by atoms with Crippen LogP contribution in [0.5, 0.6) is 0 Å². The maximum atomic E-state index is 12.1. The monoisotopic (exact) mass is 304 g/mol. The fourth-order valence-corrected chi connectivity index (χ4v) is 3.60. The normalized spacial score (nSPS) is 16.2. The highest BCUT2D eigenvalue weighted by atomic mass is 35.5. The largest absolute Gasteiger partial charge is 0.294 e. The highest BCUT2D eigenvalue weighted by molar-refractivity contribution is 6.42. The zero-order valence-electron chi connectivity index (χ0n) is 10.0. The molecule has 0 radical (unpaired) electrons. The van der Waals surface area contributed by atoms with Crippen LogP contribution in [0.4, 0.5) is 0 Å². The van der Waals surface area contributed by atoms with Crippen LogP contribution in [-0.4, -0.2) is 5.78 Å². The molecule has 1 aromatic rings. The molecule has 0 atom stereocenters. The molecule has 18 heavy (non-hydrogen) atoms. The quantitative estimate of drug-likeness (QED) is 0.642. The Bertz CT molecular complexity index is 427. The summed E-state index contributed by atoms with van der Waals surface area (Å²) in [7, 11) is 0. The number of hydrogen-bond acceptors (Lipinski definition) is 1. The number of benzene rings is 1. The molecule has 1 nitrogen and oxygen atoms in total. The van der Waals surface area contributed by atoms with Crippen molar-refractivity contribution in [1.29, 1.82) is 0 Å². The van der Waals surface area contributed by atoms with E-state index >= 15 is 0 Å². The van der Waals surface area contributed by atoms with Crippen LogP contribution in [0.2, 0.25) is 15.1 Å². The summed E-state index contributed by atoms with van der Waals surface area (Å²) in [6.45, 7) is 0. The third-order valence-corrected chi connectivity index (χ3v) is 4.35. The molecular weight excluding hydrogens is 291 g/mol. The Morgan fingerprint density at radius 1 is 1.11 bits per heavy atom. The number of ketones is 1. The summed E-state index contributed by atoms with van der Waals surface area (Å²) in [6, 6.07) is 3.13. The molecule has 98 valence electrons. The van der Waals surface area contributed by atoms with Gasteiger partial charge < -0.3 is 0 Å². The maximum Gasteiger partial charge on any atom is 0.165 e. The summed E-state index contributed by atoms with van der Waals surface area (Å²) >= 11 is 17.9. The van der Waals surface area contributed by atoms with Gasteiger partial charge in [0.1, 0.15) is 0 Å². The molecule has 1 fully saturated rings. The summed E-state index contributed by atoms with van der Waals surface area (Å²) < 4.78 is 0. The van der Waals surface area contributed by atoms with Gasteiger partial charge in [-0.2, -0.15) is 0 Å². The predicted molar refractivity (Wildman–Crippen MR) is 77.0 cm³/mol. The van der Waals surface area contributed by atoms with Gasteiger partial charge in [0.15, 0.2) is 5.78 Å². The number of carbonyl (C=O) groups excluding carboxylic acids is 1. The third-order valence-electron chi connectivity index (χ3n) is 3.54. The lowest BCUT2D eigenvalue weighted by Crippen LogP contribution is -2.04. The summed E-state index contributed by atoms with van der Waals surface area (Å²) in [5.74, 6) is 0.715. The van der Waals surface area contributed by atoms with Crippen molar-refractivity contribution in [1.82, 2.24) is 0 Å². The van der Waals surface area contributed by atoms with E-state index in [1.165, 1.54) is 25.7 Å². The fourth-order valence-electron chi connectivity index (χ4n) is 2.57. The first-order chi connectivity index (χ1) is 8.58. The van der Waals surface area contributed by atoms with E-state index in [9.17, 15) is 4.79 Å². The van der Waals surface area contributed by atoms with Gasteiger partial charge in [0.05, 0.1) is 15.6 Å². The molecule has 1 saturated carbocycles. The zero-order chi connectivity index (χ0) is 13.1. The second-order valence-electron chi connectivity index (χ2n) is 4.86. The lowest BCUT2D eigenvalue weighted by molar-refractivity contribution is 0.0974. The lowest BCUT2D eigenvalue weighted by Gasteiger charge is -2.10. The van der Waals surface area contributed by atoms with Crippen LogP contribution in [0.15, 0.2) is 12.1 Å². The first kappa shape index (κ1) is 14.2. The molecule has 0 bridgehead atoms. The van der Waals surface area contributed by atoms with E-state index in [1.54, 1.807) is 12.1 Å². The van der Waals surface area contributed by atoms with Crippen LogP contribution in [0.25, 0.3) is 0 Å². The molecule has 1 aliphatic carbocycles. The molecule has 4 heteroatoms. The molecule has 2 rings (SSSR count). The third kappa shape index (κ3) is 3.40. The summed E-state index contributed by atoms with van der Waals surface area (Å²) in [6.07, 6.45) is 6.53. The van der Waals surface area contributed by atoms with E-state index in [1.807, 2.05) is 0 Å². The first-order valence-electron chi connectivity index (χ1n) is 6.25. The Morgan fingerprint density at radius 2 is 1.67 bits per heavy atom. The second-order valence-corrected chi connectivity index (χ2v) is 6.11. The van der Waals surface area contributed by atoms with Gasteiger partial charge in [-0.1, -0.05) is 60.5 Å². The molecule has 0 aliphatic heterocycles. The van der Waals surface area contributed by atoms with Crippen LogP contribution >= 0.6 is 34.8 Å². The zero-order valence-corrected chi connectivity index (χ0v) is 12.3. The van der Waals surface area contributed by atoms with Crippen LogP contribution in [0.1, 0.15) is 48.9 Å². The minimum absolute atomic E-state index is 0.0218. The van der Waals surface area contributed by atoms with Crippen LogP contribution in [-0.2, 0) is 0 Å². The average molecular weight is 306 g/mol. The Balaban J connectivity index is 2.04. The Labute approximate surface area is 122 Å². The van der Waals surface area contributed by atoms with Crippen molar-refractivity contribution >= 4 is 40.6 Å². The highest BCUT2D eigenvalue weighted by Crippen LogP contribution is 2.32. The minimum Gasteiger partial charge on any atom is -0.294 e. The topological polar surface area (TPSA) is 17.1 Å². The molecule has 0 spiro atoms. The van der Waals surface area contributed by atoms with Crippen LogP contribution in [0.3, 0.4) is 0 Å². The fraction of sp³-hybridized carbons (Fsp3) is 0.500. The summed E-state index contributed by atoms with van der Waals surface area (Å²) in [5, 5.41) is 1.16. The molecule has 1 aromatic carbocycles. The molecule has 0 N–H and O–H groups in total. The van der Waals surface area contributed by atoms with Gasteiger partial charge in [-0.3, -0.25) is 4.79 Å². The number of hydrogen-bond donors (Lipinski definition) is 0. The van der Waals surface area contributed by atoms with Crippen molar-refractivity contribution in [2.45, 2.75) is 38.5 Å². The molecule has 0 saturated heterocycles.